The molecule has 3 rings (SSSR count). The Morgan fingerprint density at radius 1 is 1.07 bits per heavy atom. The fourth-order valence-corrected chi connectivity index (χ4v) is 4.88. The van der Waals surface area contributed by atoms with Crippen LogP contribution in [0.4, 0.5) is 5.69 Å². The molecule has 2 aromatic rings. The van der Waals surface area contributed by atoms with Gasteiger partial charge in [0.15, 0.2) is 5.78 Å². The summed E-state index contributed by atoms with van der Waals surface area (Å²) in [5.41, 5.74) is 3.72. The summed E-state index contributed by atoms with van der Waals surface area (Å²) < 4.78 is 27.1. The fraction of sp³-hybridized carbons (Fsp3) is 0.409. The molecule has 0 unspecified atom stereocenters. The normalized spacial score (nSPS) is 16.1. The second-order valence-corrected chi connectivity index (χ2v) is 9.57. The molecule has 2 aromatic carbocycles. The van der Waals surface area contributed by atoms with Crippen LogP contribution in [0.5, 0.6) is 0 Å². The molecule has 150 valence electrons. The number of ketones is 1. The van der Waals surface area contributed by atoms with Gasteiger partial charge in [-0.25, -0.2) is 8.42 Å². The Morgan fingerprint density at radius 3 is 2.36 bits per heavy atom. The first-order valence-corrected chi connectivity index (χ1v) is 11.2. The number of nitrogens with zero attached hydrogens (tertiary/aromatic N) is 1. The van der Waals surface area contributed by atoms with E-state index < -0.39 is 10.0 Å². The quantitative estimate of drug-likeness (QED) is 0.744. The van der Waals surface area contributed by atoms with Crippen molar-refractivity contribution < 1.29 is 13.2 Å². The Kier molecular flexibility index (Phi) is 6.20. The van der Waals surface area contributed by atoms with Crippen molar-refractivity contribution in [2.45, 2.75) is 38.5 Å². The lowest BCUT2D eigenvalue weighted by Gasteiger charge is -2.29. The molecule has 0 atom stereocenters. The van der Waals surface area contributed by atoms with E-state index >= 15 is 0 Å². The van der Waals surface area contributed by atoms with Crippen molar-refractivity contribution in [2.24, 2.45) is 5.92 Å². The van der Waals surface area contributed by atoms with E-state index in [9.17, 15) is 13.2 Å². The third kappa shape index (κ3) is 4.45. The van der Waals surface area contributed by atoms with Crippen LogP contribution in [0.3, 0.4) is 0 Å². The largest absolute Gasteiger partial charge is 0.377 e. The Labute approximate surface area is 167 Å². The smallest absolute Gasteiger partial charge is 0.243 e. The molecule has 28 heavy (non-hydrogen) atoms. The second kappa shape index (κ2) is 8.45. The van der Waals surface area contributed by atoms with Gasteiger partial charge >= 0.3 is 0 Å². The number of anilines is 1. The number of hydrogen-bond donors (Lipinski definition) is 1. The fourth-order valence-electron chi connectivity index (χ4n) is 3.41. The van der Waals surface area contributed by atoms with Crippen molar-refractivity contribution in [1.82, 2.24) is 4.31 Å². The molecule has 0 amide bonds. The zero-order valence-electron chi connectivity index (χ0n) is 16.7. The molecule has 1 aliphatic heterocycles. The average molecular weight is 401 g/mol. The summed E-state index contributed by atoms with van der Waals surface area (Å²) in [6, 6.07) is 12.2. The highest BCUT2D eigenvalue weighted by molar-refractivity contribution is 7.89. The standard InChI is InChI=1S/C22H28N2O3S/c1-16-11-13-24(14-12-16)28(26,27)20-9-7-19(8-10-20)22(25)15-23-21-6-4-5-17(2)18(21)3/h4-10,16,23H,11-15H2,1-3H3. The van der Waals surface area contributed by atoms with Crippen LogP contribution in [0.1, 0.15) is 41.3 Å². The van der Waals surface area contributed by atoms with Crippen LogP contribution in [0.2, 0.25) is 0 Å². The van der Waals surface area contributed by atoms with Crippen LogP contribution in [0.25, 0.3) is 0 Å². The van der Waals surface area contributed by atoms with Gasteiger partial charge in [-0.15, -0.1) is 0 Å². The maximum atomic E-state index is 12.8. The van der Waals surface area contributed by atoms with E-state index in [0.29, 0.717) is 24.6 Å². The first-order chi connectivity index (χ1) is 13.3. The number of carbonyl (C=O) groups excluding carboxylic acids is 1. The highest BCUT2D eigenvalue weighted by Gasteiger charge is 2.28. The molecule has 0 spiro atoms. The van der Waals surface area contributed by atoms with Gasteiger partial charge < -0.3 is 5.32 Å². The maximum absolute atomic E-state index is 12.8. The topological polar surface area (TPSA) is 66.5 Å². The molecule has 0 aromatic heterocycles. The summed E-state index contributed by atoms with van der Waals surface area (Å²) in [5.74, 6) is 0.493. The minimum atomic E-state index is -3.49. The van der Waals surface area contributed by atoms with Crippen molar-refractivity contribution in [2.75, 3.05) is 25.0 Å². The van der Waals surface area contributed by atoms with Crippen LogP contribution in [0.15, 0.2) is 47.4 Å². The van der Waals surface area contributed by atoms with Gasteiger partial charge in [-0.3, -0.25) is 4.79 Å². The van der Waals surface area contributed by atoms with Gasteiger partial charge in [0.25, 0.3) is 0 Å². The monoisotopic (exact) mass is 400 g/mol. The van der Waals surface area contributed by atoms with E-state index in [0.717, 1.165) is 24.1 Å². The third-order valence-corrected chi connectivity index (χ3v) is 7.51. The van der Waals surface area contributed by atoms with Crippen LogP contribution in [-0.4, -0.2) is 38.1 Å². The van der Waals surface area contributed by atoms with Gasteiger partial charge in [-0.1, -0.05) is 19.1 Å². The van der Waals surface area contributed by atoms with E-state index in [1.807, 2.05) is 32.0 Å². The number of rotatable bonds is 6. The zero-order chi connectivity index (χ0) is 20.3. The van der Waals surface area contributed by atoms with Gasteiger partial charge in [0.1, 0.15) is 0 Å². The van der Waals surface area contributed by atoms with Crippen LogP contribution >= 0.6 is 0 Å². The number of benzene rings is 2. The molecule has 0 aliphatic carbocycles. The number of Topliss-reactive ketones (excluding diaryl/α,β-unsaturated/α-hetero) is 1. The Bertz CT molecular complexity index is 944. The molecular weight excluding hydrogens is 372 g/mol. The molecule has 1 aliphatic rings. The summed E-state index contributed by atoms with van der Waals surface area (Å²) in [5, 5.41) is 3.18. The van der Waals surface area contributed by atoms with Crippen LogP contribution < -0.4 is 5.32 Å². The lowest BCUT2D eigenvalue weighted by molar-refractivity contribution is 0.101. The lowest BCUT2D eigenvalue weighted by Crippen LogP contribution is -2.37. The predicted octanol–water partition coefficient (Wildman–Crippen LogP) is 4.02. The third-order valence-electron chi connectivity index (χ3n) is 5.60. The number of hydrogen-bond acceptors (Lipinski definition) is 4. The van der Waals surface area contributed by atoms with Crippen molar-refractivity contribution in [3.8, 4) is 0 Å². The molecule has 1 saturated heterocycles. The number of piperidine rings is 1. The molecule has 0 radical (unpaired) electrons. The highest BCUT2D eigenvalue weighted by atomic mass is 32.2. The molecule has 1 fully saturated rings. The van der Waals surface area contributed by atoms with Gasteiger partial charge in [0, 0.05) is 24.3 Å². The molecular formula is C22H28N2O3S. The molecule has 1 heterocycles. The Morgan fingerprint density at radius 2 is 1.71 bits per heavy atom. The molecule has 0 saturated carbocycles. The molecule has 5 nitrogen and oxygen atoms in total. The van der Waals surface area contributed by atoms with E-state index in [4.69, 9.17) is 0 Å². The second-order valence-electron chi connectivity index (χ2n) is 7.64. The van der Waals surface area contributed by atoms with E-state index in [2.05, 4.69) is 12.2 Å². The summed E-state index contributed by atoms with van der Waals surface area (Å²) in [6.45, 7) is 7.48. The number of sulfonamides is 1. The predicted molar refractivity (Wildman–Crippen MR) is 112 cm³/mol. The number of nitrogens with one attached hydrogen (secondary N) is 1. The maximum Gasteiger partial charge on any atom is 0.243 e. The molecule has 6 heteroatoms. The Balaban J connectivity index is 1.66. The Hall–Kier alpha value is -2.18. The van der Waals surface area contributed by atoms with Gasteiger partial charge in [0.2, 0.25) is 10.0 Å². The van der Waals surface area contributed by atoms with E-state index in [-0.39, 0.29) is 17.2 Å². The van der Waals surface area contributed by atoms with Crippen molar-refractivity contribution >= 4 is 21.5 Å². The van der Waals surface area contributed by atoms with Crippen molar-refractivity contribution in [1.29, 1.82) is 0 Å². The molecule has 0 bridgehead atoms. The SMILES string of the molecule is Cc1cccc(NCC(=O)c2ccc(S(=O)(=O)N3CCC(C)CC3)cc2)c1C. The lowest BCUT2D eigenvalue weighted by atomic mass is 10.0. The molecule has 1 N–H and O–H groups in total. The average Bonchev–Trinajstić information content (AvgIpc) is 2.69. The van der Waals surface area contributed by atoms with Crippen molar-refractivity contribution in [3.63, 3.8) is 0 Å². The first-order valence-electron chi connectivity index (χ1n) is 9.72. The zero-order valence-corrected chi connectivity index (χ0v) is 17.6. The summed E-state index contributed by atoms with van der Waals surface area (Å²) in [4.78, 5) is 12.7. The van der Waals surface area contributed by atoms with Gasteiger partial charge in [0.05, 0.1) is 11.4 Å². The van der Waals surface area contributed by atoms with E-state index in [1.54, 1.807) is 28.6 Å². The first kappa shape index (κ1) is 20.6. The number of aryl methyl sites for hydroxylation is 1. The van der Waals surface area contributed by atoms with E-state index in [1.165, 1.54) is 5.56 Å². The number of carbonyl (C=O) groups is 1. The van der Waals surface area contributed by atoms with Crippen LogP contribution in [-0.2, 0) is 10.0 Å². The summed E-state index contributed by atoms with van der Waals surface area (Å²) >= 11 is 0. The minimum Gasteiger partial charge on any atom is -0.377 e. The summed E-state index contributed by atoms with van der Waals surface area (Å²) in [6.07, 6.45) is 1.78. The van der Waals surface area contributed by atoms with Gasteiger partial charge in [-0.05, 0) is 74.1 Å². The highest BCUT2D eigenvalue weighted by Crippen LogP contribution is 2.24. The summed E-state index contributed by atoms with van der Waals surface area (Å²) in [7, 11) is -3.49. The van der Waals surface area contributed by atoms with Crippen molar-refractivity contribution in [3.05, 3.63) is 59.2 Å². The van der Waals surface area contributed by atoms with Crippen LogP contribution in [0, 0.1) is 19.8 Å². The minimum absolute atomic E-state index is 0.0725. The van der Waals surface area contributed by atoms with Gasteiger partial charge in [-0.2, -0.15) is 4.31 Å².